The van der Waals surface area contributed by atoms with Crippen molar-refractivity contribution in [1.29, 1.82) is 0 Å². The number of carbonyl (C=O) groups is 2. The molecule has 0 aliphatic carbocycles. The zero-order valence-electron chi connectivity index (χ0n) is 13.4. The molecule has 0 atom stereocenters. The van der Waals surface area contributed by atoms with E-state index in [0.29, 0.717) is 42.1 Å². The summed E-state index contributed by atoms with van der Waals surface area (Å²) in [6, 6.07) is 9.74. The molecule has 0 heterocycles. The standard InChI is InChI=1S/C18H17BrO5/c1-3-22-15-8-6-13(19)10-14(15)18(21)24-16-7-5-12(11-20)9-17(16)23-4-2/h5-11H,3-4H2,1-2H3. The van der Waals surface area contributed by atoms with Crippen LogP contribution < -0.4 is 14.2 Å². The molecule has 0 aliphatic heterocycles. The maximum atomic E-state index is 12.5. The van der Waals surface area contributed by atoms with Crippen molar-refractivity contribution in [3.63, 3.8) is 0 Å². The number of benzene rings is 2. The van der Waals surface area contributed by atoms with Gasteiger partial charge in [-0.3, -0.25) is 4.79 Å². The SMILES string of the molecule is CCOc1cc(C=O)ccc1OC(=O)c1cc(Br)ccc1OCC. The summed E-state index contributed by atoms with van der Waals surface area (Å²) in [7, 11) is 0. The summed E-state index contributed by atoms with van der Waals surface area (Å²) in [6.45, 7) is 4.46. The van der Waals surface area contributed by atoms with Gasteiger partial charge in [0.1, 0.15) is 17.6 Å². The maximum absolute atomic E-state index is 12.5. The molecule has 0 spiro atoms. The van der Waals surface area contributed by atoms with Crippen LogP contribution in [0.25, 0.3) is 0 Å². The molecule has 24 heavy (non-hydrogen) atoms. The van der Waals surface area contributed by atoms with Gasteiger partial charge in [-0.2, -0.15) is 0 Å². The molecule has 0 aromatic heterocycles. The summed E-state index contributed by atoms with van der Waals surface area (Å²) in [4.78, 5) is 23.4. The summed E-state index contributed by atoms with van der Waals surface area (Å²) in [5, 5.41) is 0. The van der Waals surface area contributed by atoms with Gasteiger partial charge in [0.2, 0.25) is 0 Å². The van der Waals surface area contributed by atoms with Gasteiger partial charge in [0, 0.05) is 10.0 Å². The van der Waals surface area contributed by atoms with Gasteiger partial charge in [-0.1, -0.05) is 15.9 Å². The maximum Gasteiger partial charge on any atom is 0.347 e. The Kier molecular flexibility index (Phi) is 6.37. The Morgan fingerprint density at radius 1 is 1.00 bits per heavy atom. The van der Waals surface area contributed by atoms with Gasteiger partial charge in [-0.25, -0.2) is 4.79 Å². The number of hydrogen-bond acceptors (Lipinski definition) is 5. The minimum absolute atomic E-state index is 0.245. The monoisotopic (exact) mass is 392 g/mol. The molecule has 0 bridgehead atoms. The normalized spacial score (nSPS) is 10.1. The van der Waals surface area contributed by atoms with Crippen LogP contribution in [-0.4, -0.2) is 25.5 Å². The average Bonchev–Trinajstić information content (AvgIpc) is 2.58. The Morgan fingerprint density at radius 3 is 2.33 bits per heavy atom. The van der Waals surface area contributed by atoms with Crippen LogP contribution in [0.5, 0.6) is 17.2 Å². The quantitative estimate of drug-likeness (QED) is 0.399. The summed E-state index contributed by atoms with van der Waals surface area (Å²) in [6.07, 6.45) is 0.704. The predicted octanol–water partition coefficient (Wildman–Crippen LogP) is 4.28. The lowest BCUT2D eigenvalue weighted by atomic mass is 10.2. The molecular formula is C18H17BrO5. The van der Waals surface area contributed by atoms with Gasteiger partial charge in [0.05, 0.1) is 13.2 Å². The van der Waals surface area contributed by atoms with Crippen LogP contribution in [0, 0.1) is 0 Å². The van der Waals surface area contributed by atoms with Gasteiger partial charge < -0.3 is 14.2 Å². The van der Waals surface area contributed by atoms with E-state index in [1.54, 1.807) is 31.2 Å². The minimum atomic E-state index is -0.570. The smallest absolute Gasteiger partial charge is 0.347 e. The molecule has 5 nitrogen and oxygen atoms in total. The summed E-state index contributed by atoms with van der Waals surface area (Å²) in [5.74, 6) is 0.450. The Hall–Kier alpha value is -2.34. The first-order valence-electron chi connectivity index (χ1n) is 7.45. The number of halogens is 1. The highest BCUT2D eigenvalue weighted by Crippen LogP contribution is 2.31. The van der Waals surface area contributed by atoms with Crippen LogP contribution in [0.4, 0.5) is 0 Å². The first-order valence-corrected chi connectivity index (χ1v) is 8.24. The van der Waals surface area contributed by atoms with Crippen molar-refractivity contribution in [2.24, 2.45) is 0 Å². The van der Waals surface area contributed by atoms with Crippen molar-refractivity contribution in [2.45, 2.75) is 13.8 Å². The van der Waals surface area contributed by atoms with Crippen LogP contribution in [0.3, 0.4) is 0 Å². The van der Waals surface area contributed by atoms with Gasteiger partial charge in [0.25, 0.3) is 0 Å². The lowest BCUT2D eigenvalue weighted by molar-refractivity contribution is 0.0724. The van der Waals surface area contributed by atoms with Crippen molar-refractivity contribution in [3.8, 4) is 17.2 Å². The summed E-state index contributed by atoms with van der Waals surface area (Å²) in [5.41, 5.74) is 0.740. The van der Waals surface area contributed by atoms with E-state index in [9.17, 15) is 9.59 Å². The van der Waals surface area contributed by atoms with E-state index in [1.807, 2.05) is 6.92 Å². The number of aldehydes is 1. The molecule has 126 valence electrons. The van der Waals surface area contributed by atoms with E-state index in [0.717, 1.165) is 4.47 Å². The fourth-order valence-corrected chi connectivity index (χ4v) is 2.41. The predicted molar refractivity (Wildman–Crippen MR) is 93.3 cm³/mol. The van der Waals surface area contributed by atoms with E-state index in [4.69, 9.17) is 14.2 Å². The molecule has 2 rings (SSSR count). The fraction of sp³-hybridized carbons (Fsp3) is 0.222. The van der Waals surface area contributed by atoms with Crippen molar-refractivity contribution in [1.82, 2.24) is 0 Å². The fourth-order valence-electron chi connectivity index (χ4n) is 2.05. The minimum Gasteiger partial charge on any atom is -0.493 e. The average molecular weight is 393 g/mol. The molecular weight excluding hydrogens is 376 g/mol. The number of carbonyl (C=O) groups excluding carboxylic acids is 2. The van der Waals surface area contributed by atoms with Crippen molar-refractivity contribution in [3.05, 3.63) is 52.0 Å². The molecule has 0 fully saturated rings. The van der Waals surface area contributed by atoms with Crippen LogP contribution in [0.1, 0.15) is 34.6 Å². The number of rotatable bonds is 7. The van der Waals surface area contributed by atoms with E-state index in [-0.39, 0.29) is 5.75 Å². The summed E-state index contributed by atoms with van der Waals surface area (Å²) >= 11 is 3.33. The highest BCUT2D eigenvalue weighted by molar-refractivity contribution is 9.10. The van der Waals surface area contributed by atoms with Crippen molar-refractivity contribution in [2.75, 3.05) is 13.2 Å². The number of esters is 1. The van der Waals surface area contributed by atoms with Crippen molar-refractivity contribution < 1.29 is 23.8 Å². The van der Waals surface area contributed by atoms with Crippen LogP contribution in [0.2, 0.25) is 0 Å². The van der Waals surface area contributed by atoms with Crippen LogP contribution in [0.15, 0.2) is 40.9 Å². The zero-order chi connectivity index (χ0) is 17.5. The number of ether oxygens (including phenoxy) is 3. The Morgan fingerprint density at radius 2 is 1.67 bits per heavy atom. The highest BCUT2D eigenvalue weighted by Gasteiger charge is 2.18. The molecule has 0 saturated carbocycles. The lowest BCUT2D eigenvalue weighted by Crippen LogP contribution is -2.12. The van der Waals surface area contributed by atoms with Gasteiger partial charge in [0.15, 0.2) is 11.5 Å². The molecule has 2 aromatic carbocycles. The molecule has 0 aliphatic rings. The third-order valence-electron chi connectivity index (χ3n) is 3.07. The Bertz CT molecular complexity index is 742. The van der Waals surface area contributed by atoms with Gasteiger partial charge in [-0.05, 0) is 50.2 Å². The summed E-state index contributed by atoms with van der Waals surface area (Å²) < 4.78 is 17.1. The second-order valence-corrected chi connectivity index (χ2v) is 5.64. The van der Waals surface area contributed by atoms with E-state index < -0.39 is 5.97 Å². The molecule has 2 aromatic rings. The molecule has 0 saturated heterocycles. The first-order chi connectivity index (χ1) is 11.6. The van der Waals surface area contributed by atoms with Crippen LogP contribution >= 0.6 is 15.9 Å². The van der Waals surface area contributed by atoms with Gasteiger partial charge >= 0.3 is 5.97 Å². The largest absolute Gasteiger partial charge is 0.493 e. The molecule has 0 unspecified atom stereocenters. The van der Waals surface area contributed by atoms with Crippen LogP contribution in [-0.2, 0) is 0 Å². The van der Waals surface area contributed by atoms with E-state index >= 15 is 0 Å². The molecule has 0 N–H and O–H groups in total. The number of hydrogen-bond donors (Lipinski definition) is 0. The Balaban J connectivity index is 2.32. The topological polar surface area (TPSA) is 61.8 Å². The zero-order valence-corrected chi connectivity index (χ0v) is 15.0. The highest BCUT2D eigenvalue weighted by atomic mass is 79.9. The third-order valence-corrected chi connectivity index (χ3v) is 3.56. The first kappa shape index (κ1) is 18.0. The van der Waals surface area contributed by atoms with Crippen molar-refractivity contribution >= 4 is 28.2 Å². The Labute approximate surface area is 148 Å². The molecule has 6 heteroatoms. The second kappa shape index (κ2) is 8.49. The van der Waals surface area contributed by atoms with Gasteiger partial charge in [-0.15, -0.1) is 0 Å². The second-order valence-electron chi connectivity index (χ2n) is 4.72. The third kappa shape index (κ3) is 4.35. The lowest BCUT2D eigenvalue weighted by Gasteiger charge is -2.13. The van der Waals surface area contributed by atoms with E-state index in [2.05, 4.69) is 15.9 Å². The molecule has 0 radical (unpaired) electrons. The van der Waals surface area contributed by atoms with E-state index in [1.165, 1.54) is 12.1 Å². The molecule has 0 amide bonds.